The summed E-state index contributed by atoms with van der Waals surface area (Å²) in [6, 6.07) is 20.6. The summed E-state index contributed by atoms with van der Waals surface area (Å²) in [5, 5.41) is 11.2. The minimum absolute atomic E-state index is 0.0826. The van der Waals surface area contributed by atoms with Crippen LogP contribution in [0.1, 0.15) is 12.8 Å². The van der Waals surface area contributed by atoms with Crippen LogP contribution in [0.25, 0.3) is 0 Å². The van der Waals surface area contributed by atoms with Gasteiger partial charge in [0.15, 0.2) is 10.3 Å². The van der Waals surface area contributed by atoms with Gasteiger partial charge in [-0.3, -0.25) is 19.2 Å². The van der Waals surface area contributed by atoms with E-state index in [-0.39, 0.29) is 36.5 Å². The third-order valence-electron chi connectivity index (χ3n) is 5.87. The molecular formula is C28H22Cl2N6O4S2. The predicted molar refractivity (Wildman–Crippen MR) is 169 cm³/mol. The summed E-state index contributed by atoms with van der Waals surface area (Å²) in [6.45, 7) is 0. The van der Waals surface area contributed by atoms with Gasteiger partial charge in [0.25, 0.3) is 0 Å². The molecular weight excluding hydrogens is 619 g/mol. The van der Waals surface area contributed by atoms with Gasteiger partial charge in [0.2, 0.25) is 23.6 Å². The molecule has 2 heterocycles. The molecule has 3 aromatic rings. The Morgan fingerprint density at radius 1 is 0.690 bits per heavy atom. The second kappa shape index (κ2) is 13.4. The third-order valence-corrected chi connectivity index (χ3v) is 8.68. The van der Waals surface area contributed by atoms with E-state index in [1.54, 1.807) is 72.8 Å². The van der Waals surface area contributed by atoms with Crippen LogP contribution < -0.4 is 21.3 Å². The molecule has 2 aliphatic rings. The van der Waals surface area contributed by atoms with Crippen molar-refractivity contribution >= 4 is 103 Å². The summed E-state index contributed by atoms with van der Waals surface area (Å²) in [4.78, 5) is 58.9. The Hall–Kier alpha value is -3.84. The number of rotatable bonds is 8. The zero-order valence-electron chi connectivity index (χ0n) is 21.6. The highest BCUT2D eigenvalue weighted by molar-refractivity contribution is 8.16. The number of hydrogen-bond donors (Lipinski definition) is 4. The van der Waals surface area contributed by atoms with E-state index in [0.29, 0.717) is 43.1 Å². The van der Waals surface area contributed by atoms with Crippen molar-refractivity contribution in [3.63, 3.8) is 0 Å². The maximum atomic E-state index is 12.7. The lowest BCUT2D eigenvalue weighted by Gasteiger charge is -2.11. The molecule has 2 saturated heterocycles. The van der Waals surface area contributed by atoms with Crippen molar-refractivity contribution < 1.29 is 19.2 Å². The van der Waals surface area contributed by atoms with Crippen molar-refractivity contribution in [1.82, 2.24) is 10.6 Å². The number of carbonyl (C=O) groups excluding carboxylic acids is 4. The molecule has 0 radical (unpaired) electrons. The fourth-order valence-corrected chi connectivity index (χ4v) is 6.24. The number of hydrogen-bond acceptors (Lipinski definition) is 8. The molecule has 0 bridgehead atoms. The molecule has 0 unspecified atom stereocenters. The van der Waals surface area contributed by atoms with Gasteiger partial charge in [-0.25, -0.2) is 9.98 Å². The lowest BCUT2D eigenvalue weighted by Crippen LogP contribution is -2.28. The summed E-state index contributed by atoms with van der Waals surface area (Å²) in [5.41, 5.74) is 1.91. The Balaban J connectivity index is 1.13. The fourth-order valence-electron chi connectivity index (χ4n) is 3.92. The zero-order valence-corrected chi connectivity index (χ0v) is 24.7. The minimum Gasteiger partial charge on any atom is -0.326 e. The number of carbonyl (C=O) groups is 4. The van der Waals surface area contributed by atoms with Crippen LogP contribution in [0, 0.1) is 0 Å². The quantitative estimate of drug-likeness (QED) is 0.257. The number of benzene rings is 3. The number of halogens is 2. The van der Waals surface area contributed by atoms with Gasteiger partial charge in [-0.2, -0.15) is 0 Å². The fraction of sp³-hybridized carbons (Fsp3) is 0.143. The average Bonchev–Trinajstić information content (AvgIpc) is 3.46. The molecule has 4 N–H and O–H groups in total. The summed E-state index contributed by atoms with van der Waals surface area (Å²) in [5.74, 6) is -1.41. The smallest absolute Gasteiger partial charge is 0.240 e. The maximum absolute atomic E-state index is 12.7. The van der Waals surface area contributed by atoms with E-state index in [4.69, 9.17) is 23.2 Å². The molecule has 0 aromatic heterocycles. The number of nitrogens with zero attached hydrogens (tertiary/aromatic N) is 2. The van der Waals surface area contributed by atoms with Gasteiger partial charge in [-0.1, -0.05) is 77.1 Å². The highest BCUT2D eigenvalue weighted by Gasteiger charge is 2.33. The van der Waals surface area contributed by atoms with Crippen LogP contribution in [0.15, 0.2) is 82.8 Å². The summed E-state index contributed by atoms with van der Waals surface area (Å²) in [6.07, 6.45) is -0.165. The van der Waals surface area contributed by atoms with Gasteiger partial charge in [-0.15, -0.1) is 0 Å². The van der Waals surface area contributed by atoms with E-state index in [9.17, 15) is 19.2 Å². The molecule has 10 nitrogen and oxygen atoms in total. The van der Waals surface area contributed by atoms with Crippen LogP contribution >= 0.6 is 46.7 Å². The monoisotopic (exact) mass is 640 g/mol. The van der Waals surface area contributed by atoms with E-state index in [1.165, 1.54) is 0 Å². The molecule has 0 saturated carbocycles. The highest BCUT2D eigenvalue weighted by atomic mass is 35.5. The Labute approximate surface area is 259 Å². The second-order valence-corrected chi connectivity index (χ2v) is 12.2. The third kappa shape index (κ3) is 7.71. The first-order chi connectivity index (χ1) is 20.2. The Morgan fingerprint density at radius 3 is 1.55 bits per heavy atom. The Kier molecular flexibility index (Phi) is 9.48. The molecule has 0 aliphatic carbocycles. The summed E-state index contributed by atoms with van der Waals surface area (Å²) in [7, 11) is 0. The Morgan fingerprint density at radius 2 is 1.12 bits per heavy atom. The molecule has 214 valence electrons. The maximum Gasteiger partial charge on any atom is 0.240 e. The largest absolute Gasteiger partial charge is 0.326 e. The number of amidine groups is 2. The van der Waals surface area contributed by atoms with Crippen LogP contribution in [0.3, 0.4) is 0 Å². The molecule has 3 aromatic carbocycles. The van der Waals surface area contributed by atoms with Crippen LogP contribution in [0.2, 0.25) is 10.0 Å². The topological polar surface area (TPSA) is 141 Å². The van der Waals surface area contributed by atoms with Crippen LogP contribution in [-0.2, 0) is 19.2 Å². The molecule has 2 aliphatic heterocycles. The molecule has 42 heavy (non-hydrogen) atoms. The van der Waals surface area contributed by atoms with Crippen molar-refractivity contribution in [2.75, 3.05) is 10.6 Å². The first-order valence-corrected chi connectivity index (χ1v) is 15.1. The molecule has 0 spiro atoms. The SMILES string of the molecule is O=C(C[C@@H]1SC(=Nc2ccccc2Cl)NC1=O)Nc1cccc(NC(=O)C[C@@H]2SC(=Nc3ccccc3Cl)NC2=O)c1. The van der Waals surface area contributed by atoms with Crippen molar-refractivity contribution in [2.24, 2.45) is 9.98 Å². The van der Waals surface area contributed by atoms with Gasteiger partial charge in [0.1, 0.15) is 10.5 Å². The summed E-state index contributed by atoms with van der Waals surface area (Å²) >= 11 is 14.6. The van der Waals surface area contributed by atoms with Gasteiger partial charge in [-0.05, 0) is 42.5 Å². The van der Waals surface area contributed by atoms with E-state index in [2.05, 4.69) is 31.3 Å². The number of amides is 4. The number of thioether (sulfide) groups is 2. The number of aliphatic imine (C=N–C) groups is 2. The first-order valence-electron chi connectivity index (χ1n) is 12.5. The van der Waals surface area contributed by atoms with E-state index in [1.807, 2.05) is 0 Å². The van der Waals surface area contributed by atoms with Crippen molar-refractivity contribution in [1.29, 1.82) is 0 Å². The highest BCUT2D eigenvalue weighted by Crippen LogP contribution is 2.31. The van der Waals surface area contributed by atoms with Crippen LogP contribution in [0.5, 0.6) is 0 Å². The molecule has 4 amide bonds. The van der Waals surface area contributed by atoms with Gasteiger partial charge >= 0.3 is 0 Å². The average molecular weight is 642 g/mol. The van der Waals surface area contributed by atoms with E-state index < -0.39 is 10.5 Å². The number of anilines is 2. The van der Waals surface area contributed by atoms with E-state index in [0.717, 1.165) is 23.5 Å². The normalized spacial score (nSPS) is 20.0. The van der Waals surface area contributed by atoms with Gasteiger partial charge < -0.3 is 21.3 Å². The van der Waals surface area contributed by atoms with Crippen molar-refractivity contribution in [2.45, 2.75) is 23.3 Å². The standard InChI is InChI=1S/C28H22Cl2N6O4S2/c29-17-8-1-3-10-19(17)33-27-35-25(39)21(41-27)13-23(37)31-15-6-5-7-16(12-15)32-24(38)14-22-26(40)36-28(42-22)34-20-11-4-2-9-18(20)30/h1-12,21-22H,13-14H2,(H,31,37)(H,32,38)(H,33,35,39)(H,34,36,40)/t21-,22-/m0/s1. The number of para-hydroxylation sites is 2. The minimum atomic E-state index is -0.657. The number of nitrogens with one attached hydrogen (secondary N) is 4. The van der Waals surface area contributed by atoms with Crippen molar-refractivity contribution in [3.05, 3.63) is 82.8 Å². The molecule has 5 rings (SSSR count). The van der Waals surface area contributed by atoms with Crippen LogP contribution in [0.4, 0.5) is 22.7 Å². The van der Waals surface area contributed by atoms with Crippen LogP contribution in [-0.4, -0.2) is 44.5 Å². The summed E-state index contributed by atoms with van der Waals surface area (Å²) < 4.78 is 0. The molecule has 2 atom stereocenters. The molecule has 2 fully saturated rings. The zero-order chi connectivity index (χ0) is 29.6. The van der Waals surface area contributed by atoms with Gasteiger partial charge in [0.05, 0.1) is 21.4 Å². The molecule has 14 heteroatoms. The predicted octanol–water partition coefficient (Wildman–Crippen LogP) is 5.49. The lowest BCUT2D eigenvalue weighted by molar-refractivity contribution is -0.122. The van der Waals surface area contributed by atoms with E-state index >= 15 is 0 Å². The van der Waals surface area contributed by atoms with Gasteiger partial charge in [0, 0.05) is 24.2 Å². The van der Waals surface area contributed by atoms with Crippen molar-refractivity contribution in [3.8, 4) is 0 Å². The lowest BCUT2D eigenvalue weighted by atomic mass is 10.2. The second-order valence-electron chi connectivity index (χ2n) is 9.01. The first kappa shape index (κ1) is 29.6. The Bertz CT molecular complexity index is 1520.